The van der Waals surface area contributed by atoms with E-state index in [2.05, 4.69) is 0 Å². The van der Waals surface area contributed by atoms with Crippen molar-refractivity contribution in [3.05, 3.63) is 35.6 Å². The fourth-order valence-corrected chi connectivity index (χ4v) is 1.65. The monoisotopic (exact) mass is 226 g/mol. The van der Waals surface area contributed by atoms with E-state index >= 15 is 0 Å². The van der Waals surface area contributed by atoms with Crippen molar-refractivity contribution in [3.8, 4) is 0 Å². The van der Waals surface area contributed by atoms with Crippen molar-refractivity contribution in [2.24, 2.45) is 11.8 Å². The number of aliphatic hydroxyl groups excluding tert-OH is 1. The molecule has 2 unspecified atom stereocenters. The maximum absolute atomic E-state index is 12.7. The Hall–Kier alpha value is -1.42. The minimum atomic E-state index is -1.11. The molecule has 0 saturated carbocycles. The SMILES string of the molecule is CC(C)C(C(=O)O)C(O)c1ccc(F)cc1. The van der Waals surface area contributed by atoms with Gasteiger partial charge in [0.15, 0.2) is 0 Å². The first-order chi connectivity index (χ1) is 7.43. The van der Waals surface area contributed by atoms with Gasteiger partial charge in [-0.05, 0) is 23.6 Å². The predicted molar refractivity (Wildman–Crippen MR) is 57.3 cm³/mol. The summed E-state index contributed by atoms with van der Waals surface area (Å²) in [6.45, 7) is 3.46. The molecular weight excluding hydrogens is 211 g/mol. The van der Waals surface area contributed by atoms with Crippen LogP contribution in [-0.4, -0.2) is 16.2 Å². The Balaban J connectivity index is 2.94. The van der Waals surface area contributed by atoms with Gasteiger partial charge in [-0.15, -0.1) is 0 Å². The van der Waals surface area contributed by atoms with Crippen LogP contribution in [0, 0.1) is 17.7 Å². The van der Waals surface area contributed by atoms with Gasteiger partial charge in [-0.25, -0.2) is 4.39 Å². The van der Waals surface area contributed by atoms with Crippen molar-refractivity contribution in [2.45, 2.75) is 20.0 Å². The average molecular weight is 226 g/mol. The molecule has 16 heavy (non-hydrogen) atoms. The van der Waals surface area contributed by atoms with Gasteiger partial charge in [0.05, 0.1) is 12.0 Å². The van der Waals surface area contributed by atoms with Crippen LogP contribution in [0.2, 0.25) is 0 Å². The third-order valence-corrected chi connectivity index (χ3v) is 2.56. The molecule has 4 heteroatoms. The number of hydrogen-bond donors (Lipinski definition) is 2. The van der Waals surface area contributed by atoms with Gasteiger partial charge < -0.3 is 10.2 Å². The van der Waals surface area contributed by atoms with E-state index in [1.54, 1.807) is 13.8 Å². The molecule has 1 rings (SSSR count). The van der Waals surface area contributed by atoms with Crippen molar-refractivity contribution in [1.29, 1.82) is 0 Å². The number of aliphatic hydroxyl groups is 1. The lowest BCUT2D eigenvalue weighted by atomic mass is 9.86. The number of aliphatic carboxylic acids is 1. The van der Waals surface area contributed by atoms with E-state index in [1.807, 2.05) is 0 Å². The molecule has 0 aliphatic carbocycles. The molecule has 1 aromatic rings. The van der Waals surface area contributed by atoms with Gasteiger partial charge in [-0.3, -0.25) is 4.79 Å². The van der Waals surface area contributed by atoms with Crippen LogP contribution >= 0.6 is 0 Å². The summed E-state index contributed by atoms with van der Waals surface area (Å²) in [5.41, 5.74) is 0.419. The molecule has 2 atom stereocenters. The molecule has 0 aromatic heterocycles. The first-order valence-corrected chi connectivity index (χ1v) is 5.09. The van der Waals surface area contributed by atoms with Crippen LogP contribution in [0.5, 0.6) is 0 Å². The molecule has 88 valence electrons. The lowest BCUT2D eigenvalue weighted by Crippen LogP contribution is -2.26. The summed E-state index contributed by atoms with van der Waals surface area (Å²) < 4.78 is 12.7. The summed E-state index contributed by atoms with van der Waals surface area (Å²) in [5, 5.41) is 18.9. The van der Waals surface area contributed by atoms with E-state index in [4.69, 9.17) is 5.11 Å². The molecule has 0 spiro atoms. The first kappa shape index (κ1) is 12.6. The van der Waals surface area contributed by atoms with Gasteiger partial charge in [-0.2, -0.15) is 0 Å². The standard InChI is InChI=1S/C12H15FO3/c1-7(2)10(12(15)16)11(14)8-3-5-9(13)6-4-8/h3-7,10-11,14H,1-2H3,(H,15,16). The van der Waals surface area contributed by atoms with Crippen molar-refractivity contribution < 1.29 is 19.4 Å². The van der Waals surface area contributed by atoms with Crippen LogP contribution in [0.15, 0.2) is 24.3 Å². The van der Waals surface area contributed by atoms with E-state index in [0.717, 1.165) is 0 Å². The van der Waals surface area contributed by atoms with Crippen LogP contribution in [0.3, 0.4) is 0 Å². The highest BCUT2D eigenvalue weighted by molar-refractivity contribution is 5.71. The Morgan fingerprint density at radius 2 is 1.75 bits per heavy atom. The Morgan fingerprint density at radius 3 is 2.12 bits per heavy atom. The van der Waals surface area contributed by atoms with Gasteiger partial charge in [0.2, 0.25) is 0 Å². The fourth-order valence-electron chi connectivity index (χ4n) is 1.65. The molecule has 3 nitrogen and oxygen atoms in total. The van der Waals surface area contributed by atoms with Crippen molar-refractivity contribution in [2.75, 3.05) is 0 Å². The Kier molecular flexibility index (Phi) is 4.01. The van der Waals surface area contributed by atoms with Crippen LogP contribution in [0.25, 0.3) is 0 Å². The second-order valence-electron chi connectivity index (χ2n) is 4.10. The molecular formula is C12H15FO3. The molecule has 0 amide bonds. The van der Waals surface area contributed by atoms with Gasteiger partial charge >= 0.3 is 5.97 Å². The lowest BCUT2D eigenvalue weighted by Gasteiger charge is -2.22. The number of carboxylic acid groups (broad SMARTS) is 1. The summed E-state index contributed by atoms with van der Waals surface area (Å²) in [7, 11) is 0. The first-order valence-electron chi connectivity index (χ1n) is 5.09. The van der Waals surface area contributed by atoms with E-state index < -0.39 is 23.8 Å². The predicted octanol–water partition coefficient (Wildman–Crippen LogP) is 2.22. The van der Waals surface area contributed by atoms with E-state index in [0.29, 0.717) is 5.56 Å². The van der Waals surface area contributed by atoms with E-state index in [9.17, 15) is 14.3 Å². The van der Waals surface area contributed by atoms with Crippen molar-refractivity contribution in [3.63, 3.8) is 0 Å². The maximum atomic E-state index is 12.7. The van der Waals surface area contributed by atoms with Crippen molar-refractivity contribution >= 4 is 5.97 Å². The Morgan fingerprint density at radius 1 is 1.25 bits per heavy atom. The zero-order valence-electron chi connectivity index (χ0n) is 9.22. The molecule has 1 aromatic carbocycles. The number of carboxylic acids is 1. The molecule has 0 aliphatic heterocycles. The molecule has 0 aliphatic rings. The van der Waals surface area contributed by atoms with Crippen LogP contribution < -0.4 is 0 Å². The molecule has 0 bridgehead atoms. The van der Waals surface area contributed by atoms with Gasteiger partial charge in [0, 0.05) is 0 Å². The third kappa shape index (κ3) is 2.79. The normalized spacial score (nSPS) is 14.8. The quantitative estimate of drug-likeness (QED) is 0.827. The second-order valence-corrected chi connectivity index (χ2v) is 4.10. The maximum Gasteiger partial charge on any atom is 0.309 e. The van der Waals surface area contributed by atoms with Gasteiger partial charge in [0.1, 0.15) is 5.82 Å². The Labute approximate surface area is 93.5 Å². The topological polar surface area (TPSA) is 57.5 Å². The average Bonchev–Trinajstić information content (AvgIpc) is 2.17. The summed E-state index contributed by atoms with van der Waals surface area (Å²) in [4.78, 5) is 11.0. The van der Waals surface area contributed by atoms with Crippen LogP contribution in [0.1, 0.15) is 25.5 Å². The number of benzene rings is 1. The number of hydrogen-bond acceptors (Lipinski definition) is 2. The second kappa shape index (κ2) is 5.07. The highest BCUT2D eigenvalue weighted by Gasteiger charge is 2.30. The number of rotatable bonds is 4. The summed E-state index contributed by atoms with van der Waals surface area (Å²) >= 11 is 0. The smallest absolute Gasteiger partial charge is 0.309 e. The molecule has 0 heterocycles. The minimum absolute atomic E-state index is 0.197. The van der Waals surface area contributed by atoms with E-state index in [1.165, 1.54) is 24.3 Å². The molecule has 2 N–H and O–H groups in total. The van der Waals surface area contributed by atoms with Gasteiger partial charge in [-0.1, -0.05) is 26.0 Å². The summed E-state index contributed by atoms with van der Waals surface area (Å²) in [5.74, 6) is -2.54. The highest BCUT2D eigenvalue weighted by Crippen LogP contribution is 2.28. The van der Waals surface area contributed by atoms with E-state index in [-0.39, 0.29) is 5.92 Å². The Bertz CT molecular complexity index is 359. The number of carbonyl (C=O) groups is 1. The third-order valence-electron chi connectivity index (χ3n) is 2.56. The molecule has 0 radical (unpaired) electrons. The number of halogens is 1. The van der Waals surface area contributed by atoms with Crippen molar-refractivity contribution in [1.82, 2.24) is 0 Å². The van der Waals surface area contributed by atoms with Gasteiger partial charge in [0.25, 0.3) is 0 Å². The fraction of sp³-hybridized carbons (Fsp3) is 0.417. The van der Waals surface area contributed by atoms with Crippen LogP contribution in [0.4, 0.5) is 4.39 Å². The zero-order chi connectivity index (χ0) is 12.3. The molecule has 0 saturated heterocycles. The largest absolute Gasteiger partial charge is 0.481 e. The van der Waals surface area contributed by atoms with Crippen LogP contribution in [-0.2, 0) is 4.79 Å². The summed E-state index contributed by atoms with van der Waals surface area (Å²) in [6, 6.07) is 5.21. The zero-order valence-corrected chi connectivity index (χ0v) is 9.22. The lowest BCUT2D eigenvalue weighted by molar-refractivity contribution is -0.148. The summed E-state index contributed by atoms with van der Waals surface area (Å²) in [6.07, 6.45) is -1.11. The highest BCUT2D eigenvalue weighted by atomic mass is 19.1. The molecule has 0 fully saturated rings. The minimum Gasteiger partial charge on any atom is -0.481 e.